The Morgan fingerprint density at radius 2 is 1.81 bits per heavy atom. The third-order valence-corrected chi connectivity index (χ3v) is 5.52. The first-order valence-electron chi connectivity index (χ1n) is 9.63. The average molecular weight is 496 g/mol. The zero-order valence-corrected chi connectivity index (χ0v) is 18.1. The number of hydrogen-bond donors (Lipinski definition) is 1. The van der Waals surface area contributed by atoms with Crippen LogP contribution in [0.1, 0.15) is 28.8 Å². The van der Waals surface area contributed by atoms with Crippen LogP contribution in [0, 0.1) is 11.7 Å². The number of likely N-dealkylation sites (tertiary alicyclic amines) is 1. The lowest BCUT2D eigenvalue weighted by Gasteiger charge is -2.32. The van der Waals surface area contributed by atoms with E-state index in [1.54, 1.807) is 6.07 Å². The molecule has 11 heteroatoms. The molecule has 0 saturated carbocycles. The highest BCUT2D eigenvalue weighted by Crippen LogP contribution is 2.31. The van der Waals surface area contributed by atoms with E-state index in [1.165, 1.54) is 6.07 Å². The Hall–Kier alpha value is -2.23. The standard InChI is InChI=1S/C21H19Cl2F4NO4/c22-14-5-13(6-15(7-14)32-21(25,26)27)10-28-3-1-12(2-4-28)11-31-19-9-18(24)16(20(29)30)8-17(19)23/h5-9,12H,1-4,10-11H2,(H,29,30). The van der Waals surface area contributed by atoms with E-state index >= 15 is 0 Å². The second-order valence-corrected chi connectivity index (χ2v) is 8.28. The Bertz CT molecular complexity index is 979. The van der Waals surface area contributed by atoms with Gasteiger partial charge in [-0.2, -0.15) is 0 Å². The fourth-order valence-corrected chi connectivity index (χ4v) is 3.95. The van der Waals surface area contributed by atoms with Crippen LogP contribution in [0.4, 0.5) is 17.6 Å². The monoisotopic (exact) mass is 495 g/mol. The van der Waals surface area contributed by atoms with Gasteiger partial charge in [-0.3, -0.25) is 4.90 Å². The maximum Gasteiger partial charge on any atom is 0.573 e. The predicted octanol–water partition coefficient (Wildman–Crippen LogP) is 6.02. The summed E-state index contributed by atoms with van der Waals surface area (Å²) in [6, 6.07) is 5.99. The van der Waals surface area contributed by atoms with Crippen LogP contribution < -0.4 is 9.47 Å². The highest BCUT2D eigenvalue weighted by Gasteiger charge is 2.31. The van der Waals surface area contributed by atoms with E-state index in [9.17, 15) is 22.4 Å². The molecule has 0 aliphatic carbocycles. The number of benzene rings is 2. The van der Waals surface area contributed by atoms with E-state index in [4.69, 9.17) is 33.0 Å². The molecule has 0 radical (unpaired) electrons. The van der Waals surface area contributed by atoms with Crippen LogP contribution >= 0.6 is 23.2 Å². The molecule has 1 heterocycles. The molecule has 0 atom stereocenters. The van der Waals surface area contributed by atoms with Crippen molar-refractivity contribution in [3.63, 3.8) is 0 Å². The SMILES string of the molecule is O=C(O)c1cc(Cl)c(OCC2CCN(Cc3cc(Cl)cc(OC(F)(F)F)c3)CC2)cc1F. The normalized spacial score (nSPS) is 15.6. The molecule has 0 bridgehead atoms. The Morgan fingerprint density at radius 1 is 1.12 bits per heavy atom. The zero-order chi connectivity index (χ0) is 23.5. The lowest BCUT2D eigenvalue weighted by atomic mass is 9.97. The van der Waals surface area contributed by atoms with Crippen molar-refractivity contribution < 1.29 is 36.9 Å². The summed E-state index contributed by atoms with van der Waals surface area (Å²) >= 11 is 11.9. The van der Waals surface area contributed by atoms with E-state index in [-0.39, 0.29) is 34.1 Å². The summed E-state index contributed by atoms with van der Waals surface area (Å²) < 4.78 is 60.8. The molecule has 1 saturated heterocycles. The van der Waals surface area contributed by atoms with Gasteiger partial charge in [-0.1, -0.05) is 23.2 Å². The van der Waals surface area contributed by atoms with Gasteiger partial charge >= 0.3 is 12.3 Å². The number of alkyl halides is 3. The van der Waals surface area contributed by atoms with E-state index in [0.29, 0.717) is 25.2 Å². The summed E-state index contributed by atoms with van der Waals surface area (Å²) in [5.41, 5.74) is 0.0766. The van der Waals surface area contributed by atoms with Crippen molar-refractivity contribution in [1.82, 2.24) is 4.90 Å². The Morgan fingerprint density at radius 3 is 2.44 bits per heavy atom. The molecule has 1 aliphatic heterocycles. The predicted molar refractivity (Wildman–Crippen MR) is 110 cm³/mol. The number of hydrogen-bond acceptors (Lipinski definition) is 4. The fraction of sp³-hybridized carbons (Fsp3) is 0.381. The molecule has 2 aromatic carbocycles. The fourth-order valence-electron chi connectivity index (χ4n) is 3.48. The highest BCUT2D eigenvalue weighted by molar-refractivity contribution is 6.32. The molecule has 0 unspecified atom stereocenters. The molecule has 5 nitrogen and oxygen atoms in total. The van der Waals surface area contributed by atoms with Crippen LogP contribution in [0.2, 0.25) is 10.0 Å². The minimum absolute atomic E-state index is 0.0130. The molecule has 174 valence electrons. The van der Waals surface area contributed by atoms with E-state index < -0.39 is 23.7 Å². The molecule has 1 aliphatic rings. The number of piperidine rings is 1. The number of nitrogens with zero attached hydrogens (tertiary/aromatic N) is 1. The Labute approximate surface area is 191 Å². The summed E-state index contributed by atoms with van der Waals surface area (Å²) in [4.78, 5) is 13.0. The van der Waals surface area contributed by atoms with Crippen LogP contribution in [-0.4, -0.2) is 42.0 Å². The van der Waals surface area contributed by atoms with Crippen molar-refractivity contribution in [3.8, 4) is 11.5 Å². The summed E-state index contributed by atoms with van der Waals surface area (Å²) in [5.74, 6) is -2.47. The van der Waals surface area contributed by atoms with Crippen LogP contribution in [0.25, 0.3) is 0 Å². The minimum atomic E-state index is -4.79. The van der Waals surface area contributed by atoms with Crippen molar-refractivity contribution in [2.75, 3.05) is 19.7 Å². The number of rotatable bonds is 7. The van der Waals surface area contributed by atoms with Crippen molar-refractivity contribution in [3.05, 3.63) is 57.3 Å². The molecule has 3 rings (SSSR count). The quantitative estimate of drug-likeness (QED) is 0.476. The molecular weight excluding hydrogens is 477 g/mol. The molecule has 0 aromatic heterocycles. The summed E-state index contributed by atoms with van der Waals surface area (Å²) in [5, 5.41) is 9.09. The van der Waals surface area contributed by atoms with Gasteiger partial charge in [-0.05, 0) is 61.7 Å². The van der Waals surface area contributed by atoms with Gasteiger partial charge in [0.1, 0.15) is 17.3 Å². The second kappa shape index (κ2) is 10.1. The molecule has 0 spiro atoms. The van der Waals surface area contributed by atoms with Gasteiger partial charge in [-0.15, -0.1) is 13.2 Å². The number of carbonyl (C=O) groups is 1. The number of halogens is 6. The van der Waals surface area contributed by atoms with Crippen LogP contribution in [0.3, 0.4) is 0 Å². The lowest BCUT2D eigenvalue weighted by Crippen LogP contribution is -2.35. The Kier molecular flexibility index (Phi) is 7.74. The van der Waals surface area contributed by atoms with Crippen LogP contribution in [0.15, 0.2) is 30.3 Å². The van der Waals surface area contributed by atoms with Gasteiger partial charge in [0.15, 0.2) is 0 Å². The first-order valence-corrected chi connectivity index (χ1v) is 10.4. The summed E-state index contributed by atoms with van der Waals surface area (Å²) in [7, 11) is 0. The largest absolute Gasteiger partial charge is 0.573 e. The smallest absolute Gasteiger partial charge is 0.492 e. The summed E-state index contributed by atoms with van der Waals surface area (Å²) in [6.45, 7) is 2.04. The van der Waals surface area contributed by atoms with Gasteiger partial charge in [0.05, 0.1) is 17.2 Å². The van der Waals surface area contributed by atoms with Gasteiger partial charge in [0, 0.05) is 17.6 Å². The Balaban J connectivity index is 1.52. The van der Waals surface area contributed by atoms with Gasteiger partial charge < -0.3 is 14.6 Å². The topological polar surface area (TPSA) is 59.0 Å². The van der Waals surface area contributed by atoms with Gasteiger partial charge in [0.2, 0.25) is 0 Å². The van der Waals surface area contributed by atoms with E-state index in [0.717, 1.165) is 31.0 Å². The van der Waals surface area contributed by atoms with Crippen molar-refractivity contribution in [1.29, 1.82) is 0 Å². The van der Waals surface area contributed by atoms with Crippen molar-refractivity contribution >= 4 is 29.2 Å². The minimum Gasteiger partial charge on any atom is -0.492 e. The highest BCUT2D eigenvalue weighted by atomic mass is 35.5. The molecule has 0 amide bonds. The molecule has 1 N–H and O–H groups in total. The zero-order valence-electron chi connectivity index (χ0n) is 16.6. The summed E-state index contributed by atoms with van der Waals surface area (Å²) in [6.07, 6.45) is -3.29. The van der Waals surface area contributed by atoms with Gasteiger partial charge in [0.25, 0.3) is 0 Å². The average Bonchev–Trinajstić information content (AvgIpc) is 2.67. The first kappa shape index (κ1) is 24.4. The van der Waals surface area contributed by atoms with Crippen LogP contribution in [-0.2, 0) is 6.54 Å². The molecular formula is C21H19Cl2F4NO4. The third kappa shape index (κ3) is 6.88. The molecule has 32 heavy (non-hydrogen) atoms. The third-order valence-electron chi connectivity index (χ3n) is 5.00. The number of carboxylic acid groups (broad SMARTS) is 1. The molecule has 1 fully saturated rings. The maximum absolute atomic E-state index is 13.8. The van der Waals surface area contributed by atoms with Crippen LogP contribution in [0.5, 0.6) is 11.5 Å². The lowest BCUT2D eigenvalue weighted by molar-refractivity contribution is -0.274. The first-order chi connectivity index (χ1) is 15.0. The van der Waals surface area contributed by atoms with Crippen molar-refractivity contribution in [2.45, 2.75) is 25.7 Å². The van der Waals surface area contributed by atoms with E-state index in [2.05, 4.69) is 9.64 Å². The number of carboxylic acids is 1. The molecule has 2 aromatic rings. The maximum atomic E-state index is 13.8. The van der Waals surface area contributed by atoms with E-state index in [1.807, 2.05) is 0 Å². The number of ether oxygens (including phenoxy) is 2. The van der Waals surface area contributed by atoms with Gasteiger partial charge in [-0.25, -0.2) is 9.18 Å². The number of aromatic carboxylic acids is 1. The second-order valence-electron chi connectivity index (χ2n) is 7.44. The van der Waals surface area contributed by atoms with Crippen molar-refractivity contribution in [2.24, 2.45) is 5.92 Å².